The van der Waals surface area contributed by atoms with E-state index in [1.54, 1.807) is 36.4 Å². The van der Waals surface area contributed by atoms with Gasteiger partial charge in [0, 0.05) is 4.47 Å². The molecule has 0 unspecified atom stereocenters. The van der Waals surface area contributed by atoms with Crippen LogP contribution in [0, 0.1) is 0 Å². The van der Waals surface area contributed by atoms with Crippen molar-refractivity contribution < 1.29 is 19.1 Å². The largest absolute Gasteiger partial charge is 0.494 e. The summed E-state index contributed by atoms with van der Waals surface area (Å²) in [5.41, 5.74) is 0.648. The van der Waals surface area contributed by atoms with Gasteiger partial charge in [0.2, 0.25) is 0 Å². The Morgan fingerprint density at radius 3 is 2.37 bits per heavy atom. The van der Waals surface area contributed by atoms with Crippen LogP contribution in [0.1, 0.15) is 5.56 Å². The number of carbonyl (C=O) groups excluding carboxylic acids is 3. The highest BCUT2D eigenvalue weighted by Crippen LogP contribution is 2.35. The van der Waals surface area contributed by atoms with E-state index in [0.29, 0.717) is 26.5 Å². The number of ether oxygens (including phenoxy) is 1. The van der Waals surface area contributed by atoms with Gasteiger partial charge < -0.3 is 4.74 Å². The summed E-state index contributed by atoms with van der Waals surface area (Å²) in [6.07, 6.45) is 1.37. The summed E-state index contributed by atoms with van der Waals surface area (Å²) in [4.78, 5) is 38.1. The third-order valence-corrected chi connectivity index (χ3v) is 5.12. The lowest BCUT2D eigenvalue weighted by molar-refractivity contribution is -0.122. The fourth-order valence-corrected chi connectivity index (χ4v) is 3.83. The summed E-state index contributed by atoms with van der Waals surface area (Å²) in [5.74, 6) is -1.07. The zero-order valence-electron chi connectivity index (χ0n) is 13.8. The predicted octanol–water partition coefficient (Wildman–Crippen LogP) is 4.54. The van der Waals surface area contributed by atoms with Gasteiger partial charge in [-0.05, 0) is 64.0 Å². The molecule has 1 N–H and O–H groups in total. The topological polar surface area (TPSA) is 75.7 Å². The van der Waals surface area contributed by atoms with Crippen molar-refractivity contribution in [3.63, 3.8) is 0 Å². The normalized spacial score (nSPS) is 15.9. The van der Waals surface area contributed by atoms with Crippen LogP contribution in [0.2, 0.25) is 5.02 Å². The SMILES string of the molecule is COc1c(Cl)cc(/C=C2\C(=O)NC(=O)N(c3ccc(Br)cc3)C2=O)cc1Br. The van der Waals surface area contributed by atoms with Crippen LogP contribution in [0.25, 0.3) is 6.08 Å². The molecule has 4 amide bonds. The van der Waals surface area contributed by atoms with Crippen LogP contribution in [0.15, 0.2) is 50.9 Å². The fourth-order valence-electron chi connectivity index (χ4n) is 2.51. The number of methoxy groups -OCH3 is 1. The molecule has 2 aromatic carbocycles. The Hall–Kier alpha value is -2.16. The standard InChI is InChI=1S/C18H11Br2ClN2O4/c1-27-15-13(20)7-9(8-14(15)21)6-12-16(24)22-18(26)23(17(12)25)11-4-2-10(19)3-5-11/h2-8H,1H3,(H,22,24,26)/b12-6+. The van der Waals surface area contributed by atoms with Gasteiger partial charge in [0.1, 0.15) is 5.57 Å². The highest BCUT2D eigenvalue weighted by Gasteiger charge is 2.36. The predicted molar refractivity (Wildman–Crippen MR) is 109 cm³/mol. The summed E-state index contributed by atoms with van der Waals surface area (Å²) in [6, 6.07) is 8.97. The van der Waals surface area contributed by atoms with E-state index >= 15 is 0 Å². The molecular weight excluding hydrogens is 503 g/mol. The molecule has 1 aliphatic heterocycles. The summed E-state index contributed by atoms with van der Waals surface area (Å²) in [6.45, 7) is 0. The van der Waals surface area contributed by atoms with E-state index in [-0.39, 0.29) is 5.57 Å². The summed E-state index contributed by atoms with van der Waals surface area (Å²) < 4.78 is 6.52. The van der Waals surface area contributed by atoms with Crippen LogP contribution in [-0.4, -0.2) is 25.0 Å². The van der Waals surface area contributed by atoms with Crippen LogP contribution in [0.3, 0.4) is 0 Å². The lowest BCUT2D eigenvalue weighted by atomic mass is 10.1. The van der Waals surface area contributed by atoms with Crippen molar-refractivity contribution in [2.75, 3.05) is 12.0 Å². The van der Waals surface area contributed by atoms with Crippen LogP contribution >= 0.6 is 43.5 Å². The Labute approximate surface area is 176 Å². The molecule has 0 aromatic heterocycles. The molecule has 1 fully saturated rings. The van der Waals surface area contributed by atoms with E-state index in [1.165, 1.54) is 13.2 Å². The molecule has 138 valence electrons. The van der Waals surface area contributed by atoms with Crippen LogP contribution in [0.4, 0.5) is 10.5 Å². The molecule has 0 saturated carbocycles. The average molecular weight is 515 g/mol. The Morgan fingerprint density at radius 2 is 1.78 bits per heavy atom. The fraction of sp³-hybridized carbons (Fsp3) is 0.0556. The van der Waals surface area contributed by atoms with E-state index in [4.69, 9.17) is 16.3 Å². The first-order valence-corrected chi connectivity index (χ1v) is 9.48. The van der Waals surface area contributed by atoms with Crippen molar-refractivity contribution in [3.05, 3.63) is 61.5 Å². The minimum absolute atomic E-state index is 0.189. The molecule has 27 heavy (non-hydrogen) atoms. The molecule has 0 aliphatic carbocycles. The Morgan fingerprint density at radius 1 is 1.11 bits per heavy atom. The summed E-state index contributed by atoms with van der Waals surface area (Å²) in [5, 5.41) is 2.48. The minimum Gasteiger partial charge on any atom is -0.494 e. The third-order valence-electron chi connectivity index (χ3n) is 3.72. The number of imide groups is 2. The average Bonchev–Trinajstić information content (AvgIpc) is 2.60. The van der Waals surface area contributed by atoms with Crippen molar-refractivity contribution in [1.82, 2.24) is 5.32 Å². The molecule has 0 atom stereocenters. The van der Waals surface area contributed by atoms with E-state index in [0.717, 1.165) is 9.37 Å². The maximum Gasteiger partial charge on any atom is 0.335 e. The lowest BCUT2D eigenvalue weighted by Gasteiger charge is -2.26. The minimum atomic E-state index is -0.807. The maximum absolute atomic E-state index is 12.8. The third kappa shape index (κ3) is 3.92. The zero-order valence-corrected chi connectivity index (χ0v) is 17.7. The van der Waals surface area contributed by atoms with Crippen molar-refractivity contribution in [3.8, 4) is 5.75 Å². The molecule has 9 heteroatoms. The summed E-state index contributed by atoms with van der Waals surface area (Å²) >= 11 is 12.8. The van der Waals surface area contributed by atoms with Gasteiger partial charge in [-0.25, -0.2) is 9.69 Å². The van der Waals surface area contributed by atoms with E-state index < -0.39 is 17.8 Å². The number of anilines is 1. The Bertz CT molecular complexity index is 966. The number of hydrogen-bond acceptors (Lipinski definition) is 4. The number of urea groups is 1. The number of benzene rings is 2. The smallest absolute Gasteiger partial charge is 0.335 e. The van der Waals surface area contributed by atoms with Crippen LogP contribution < -0.4 is 15.0 Å². The highest BCUT2D eigenvalue weighted by atomic mass is 79.9. The number of amides is 4. The van der Waals surface area contributed by atoms with Crippen molar-refractivity contribution in [1.29, 1.82) is 0 Å². The first-order valence-electron chi connectivity index (χ1n) is 7.52. The van der Waals surface area contributed by atoms with Gasteiger partial charge in [0.15, 0.2) is 5.75 Å². The molecule has 1 heterocycles. The Kier molecular flexibility index (Phi) is 5.69. The molecule has 0 spiro atoms. The number of barbiturate groups is 1. The van der Waals surface area contributed by atoms with E-state index in [9.17, 15) is 14.4 Å². The molecule has 6 nitrogen and oxygen atoms in total. The molecular formula is C18H11Br2ClN2O4. The summed E-state index contributed by atoms with van der Waals surface area (Å²) in [7, 11) is 1.48. The van der Waals surface area contributed by atoms with Gasteiger partial charge in [-0.15, -0.1) is 0 Å². The second-order valence-electron chi connectivity index (χ2n) is 5.45. The first-order chi connectivity index (χ1) is 12.8. The van der Waals surface area contributed by atoms with Crippen LogP contribution in [-0.2, 0) is 9.59 Å². The number of carbonyl (C=O) groups is 3. The molecule has 3 rings (SSSR count). The maximum atomic E-state index is 12.8. The highest BCUT2D eigenvalue weighted by molar-refractivity contribution is 9.10. The quantitative estimate of drug-likeness (QED) is 0.482. The molecule has 1 saturated heterocycles. The number of nitrogens with one attached hydrogen (secondary N) is 1. The van der Waals surface area contributed by atoms with Crippen molar-refractivity contribution in [2.24, 2.45) is 0 Å². The van der Waals surface area contributed by atoms with Gasteiger partial charge >= 0.3 is 6.03 Å². The number of halogens is 3. The van der Waals surface area contributed by atoms with Gasteiger partial charge in [-0.2, -0.15) is 0 Å². The Balaban J connectivity index is 2.03. The molecule has 1 aliphatic rings. The van der Waals surface area contributed by atoms with E-state index in [2.05, 4.69) is 37.2 Å². The van der Waals surface area contributed by atoms with Gasteiger partial charge in [-0.1, -0.05) is 27.5 Å². The van der Waals surface area contributed by atoms with E-state index in [1.807, 2.05) is 0 Å². The van der Waals surface area contributed by atoms with Crippen molar-refractivity contribution in [2.45, 2.75) is 0 Å². The first kappa shape index (κ1) is 19.6. The second-order valence-corrected chi connectivity index (χ2v) is 7.63. The molecule has 2 aromatic rings. The molecule has 0 radical (unpaired) electrons. The monoisotopic (exact) mass is 512 g/mol. The second kappa shape index (κ2) is 7.84. The number of hydrogen-bond donors (Lipinski definition) is 1. The van der Waals surface area contributed by atoms with Crippen LogP contribution in [0.5, 0.6) is 5.75 Å². The zero-order chi connectivity index (χ0) is 19.7. The molecule has 0 bridgehead atoms. The van der Waals surface area contributed by atoms with Gasteiger partial charge in [0.25, 0.3) is 11.8 Å². The van der Waals surface area contributed by atoms with Crippen molar-refractivity contribution >= 4 is 73.1 Å². The lowest BCUT2D eigenvalue weighted by Crippen LogP contribution is -2.54. The number of nitrogens with zero attached hydrogens (tertiary/aromatic N) is 1. The number of rotatable bonds is 3. The van der Waals surface area contributed by atoms with Gasteiger partial charge in [-0.3, -0.25) is 14.9 Å². The van der Waals surface area contributed by atoms with Gasteiger partial charge in [0.05, 0.1) is 22.3 Å².